The lowest BCUT2D eigenvalue weighted by atomic mass is 10.1. The van der Waals surface area contributed by atoms with E-state index in [2.05, 4.69) is 10.5 Å². The van der Waals surface area contributed by atoms with E-state index in [0.29, 0.717) is 42.0 Å². The average molecular weight is 371 g/mol. The van der Waals surface area contributed by atoms with Crippen LogP contribution < -0.4 is 14.8 Å². The van der Waals surface area contributed by atoms with Gasteiger partial charge in [0.1, 0.15) is 13.2 Å². The van der Waals surface area contributed by atoms with Crippen molar-refractivity contribution < 1.29 is 18.8 Å². The molecule has 1 aliphatic heterocycles. The topological polar surface area (TPSA) is 73.6 Å². The van der Waals surface area contributed by atoms with E-state index < -0.39 is 0 Å². The number of amides is 1. The van der Waals surface area contributed by atoms with Crippen molar-refractivity contribution in [2.75, 3.05) is 13.2 Å². The van der Waals surface area contributed by atoms with Crippen LogP contribution in [0.3, 0.4) is 0 Å². The molecule has 0 radical (unpaired) electrons. The summed E-state index contributed by atoms with van der Waals surface area (Å²) < 4.78 is 16.4. The number of halogens is 1. The van der Waals surface area contributed by atoms with E-state index in [1.807, 2.05) is 24.3 Å². The molecule has 0 saturated carbocycles. The Bertz CT molecular complexity index is 954. The Morgan fingerprint density at radius 1 is 1.12 bits per heavy atom. The molecule has 7 heteroatoms. The van der Waals surface area contributed by atoms with Crippen LogP contribution in [0.25, 0.3) is 11.3 Å². The number of carbonyl (C=O) groups is 1. The molecule has 4 rings (SSSR count). The van der Waals surface area contributed by atoms with Crippen molar-refractivity contribution >= 4 is 17.5 Å². The highest BCUT2D eigenvalue weighted by Crippen LogP contribution is 2.33. The number of nitrogens with zero attached hydrogens (tertiary/aromatic N) is 1. The molecule has 2 aromatic carbocycles. The molecule has 0 aliphatic carbocycles. The van der Waals surface area contributed by atoms with Gasteiger partial charge in [0.05, 0.1) is 0 Å². The monoisotopic (exact) mass is 370 g/mol. The van der Waals surface area contributed by atoms with Crippen LogP contribution in [0.4, 0.5) is 0 Å². The van der Waals surface area contributed by atoms with Gasteiger partial charge in [-0.3, -0.25) is 4.79 Å². The number of ether oxygens (including phenoxy) is 2. The third-order valence-electron chi connectivity index (χ3n) is 3.94. The van der Waals surface area contributed by atoms with Gasteiger partial charge < -0.3 is 19.3 Å². The maximum atomic E-state index is 12.4. The van der Waals surface area contributed by atoms with Gasteiger partial charge in [-0.15, -0.1) is 0 Å². The third-order valence-corrected chi connectivity index (χ3v) is 4.17. The average Bonchev–Trinajstić information content (AvgIpc) is 3.16. The second-order valence-electron chi connectivity index (χ2n) is 5.71. The summed E-state index contributed by atoms with van der Waals surface area (Å²) in [6.45, 7) is 1.31. The summed E-state index contributed by atoms with van der Waals surface area (Å²) in [5, 5.41) is 7.24. The number of aromatic nitrogens is 1. The van der Waals surface area contributed by atoms with Gasteiger partial charge in [-0.2, -0.15) is 0 Å². The SMILES string of the molecule is O=C(NCc1cccc2c1OCCO2)c1cc(-c2cccc(Cl)c2)on1. The molecule has 1 aromatic heterocycles. The molecule has 0 unspecified atom stereocenters. The molecule has 2 heterocycles. The van der Waals surface area contributed by atoms with Crippen LogP contribution >= 0.6 is 11.6 Å². The number of benzene rings is 2. The predicted octanol–water partition coefficient (Wildman–Crippen LogP) is 3.70. The Kier molecular flexibility index (Phi) is 4.50. The summed E-state index contributed by atoms with van der Waals surface area (Å²) >= 11 is 5.98. The van der Waals surface area contributed by atoms with Gasteiger partial charge in [0.25, 0.3) is 5.91 Å². The van der Waals surface area contributed by atoms with Crippen molar-refractivity contribution in [3.05, 3.63) is 64.8 Å². The third kappa shape index (κ3) is 3.36. The van der Waals surface area contributed by atoms with Crippen molar-refractivity contribution in [2.45, 2.75) is 6.54 Å². The summed E-state index contributed by atoms with van der Waals surface area (Å²) in [4.78, 5) is 12.4. The Morgan fingerprint density at radius 2 is 1.96 bits per heavy atom. The minimum Gasteiger partial charge on any atom is -0.486 e. The molecule has 0 atom stereocenters. The summed E-state index contributed by atoms with van der Waals surface area (Å²) in [7, 11) is 0. The molecule has 1 amide bonds. The lowest BCUT2D eigenvalue weighted by Gasteiger charge is -2.20. The van der Waals surface area contributed by atoms with Gasteiger partial charge in [-0.25, -0.2) is 0 Å². The predicted molar refractivity (Wildman–Crippen MR) is 95.6 cm³/mol. The number of hydrogen-bond acceptors (Lipinski definition) is 5. The van der Waals surface area contributed by atoms with Crippen LogP contribution in [0.2, 0.25) is 5.02 Å². The van der Waals surface area contributed by atoms with E-state index in [4.69, 9.17) is 25.6 Å². The molecule has 0 spiro atoms. The van der Waals surface area contributed by atoms with Crippen LogP contribution in [0.5, 0.6) is 11.5 Å². The van der Waals surface area contributed by atoms with Gasteiger partial charge in [-0.1, -0.05) is 41.0 Å². The van der Waals surface area contributed by atoms with E-state index in [1.54, 1.807) is 24.3 Å². The highest BCUT2D eigenvalue weighted by Gasteiger charge is 2.18. The summed E-state index contributed by atoms with van der Waals surface area (Å²) in [6, 6.07) is 14.3. The lowest BCUT2D eigenvalue weighted by molar-refractivity contribution is 0.0941. The van der Waals surface area contributed by atoms with E-state index in [-0.39, 0.29) is 11.6 Å². The van der Waals surface area contributed by atoms with Crippen LogP contribution in [0, 0.1) is 0 Å². The quantitative estimate of drug-likeness (QED) is 0.758. The van der Waals surface area contributed by atoms with E-state index in [0.717, 1.165) is 11.1 Å². The molecular weight excluding hydrogens is 356 g/mol. The van der Waals surface area contributed by atoms with Crippen molar-refractivity contribution in [1.29, 1.82) is 0 Å². The number of para-hydroxylation sites is 1. The highest BCUT2D eigenvalue weighted by molar-refractivity contribution is 6.30. The summed E-state index contributed by atoms with van der Waals surface area (Å²) in [5.74, 6) is 1.49. The lowest BCUT2D eigenvalue weighted by Crippen LogP contribution is -2.24. The zero-order valence-electron chi connectivity index (χ0n) is 13.7. The Labute approximate surface area is 154 Å². The minimum atomic E-state index is -0.337. The zero-order chi connectivity index (χ0) is 17.9. The zero-order valence-corrected chi connectivity index (χ0v) is 14.5. The highest BCUT2D eigenvalue weighted by atomic mass is 35.5. The fourth-order valence-electron chi connectivity index (χ4n) is 2.70. The molecule has 0 saturated heterocycles. The van der Waals surface area contributed by atoms with E-state index >= 15 is 0 Å². The first-order valence-corrected chi connectivity index (χ1v) is 8.47. The molecule has 6 nitrogen and oxygen atoms in total. The first-order valence-electron chi connectivity index (χ1n) is 8.09. The van der Waals surface area contributed by atoms with Crippen molar-refractivity contribution in [1.82, 2.24) is 10.5 Å². The first kappa shape index (κ1) is 16.5. The molecule has 132 valence electrons. The van der Waals surface area contributed by atoms with Gasteiger partial charge in [0, 0.05) is 28.8 Å². The molecule has 0 bridgehead atoms. The van der Waals surface area contributed by atoms with E-state index in [9.17, 15) is 4.79 Å². The molecule has 1 aliphatic rings. The molecule has 26 heavy (non-hydrogen) atoms. The molecule has 0 fully saturated rings. The van der Waals surface area contributed by atoms with Gasteiger partial charge in [-0.05, 0) is 18.2 Å². The summed E-state index contributed by atoms with van der Waals surface area (Å²) in [5.41, 5.74) is 1.79. The van der Waals surface area contributed by atoms with Gasteiger partial charge in [0.15, 0.2) is 23.0 Å². The second-order valence-corrected chi connectivity index (χ2v) is 6.15. The van der Waals surface area contributed by atoms with Gasteiger partial charge in [0.2, 0.25) is 0 Å². The maximum absolute atomic E-state index is 12.4. The normalized spacial score (nSPS) is 12.7. The number of fused-ring (bicyclic) bond motifs is 1. The first-order chi connectivity index (χ1) is 12.7. The smallest absolute Gasteiger partial charge is 0.273 e. The van der Waals surface area contributed by atoms with Crippen LogP contribution in [0.15, 0.2) is 53.1 Å². The number of rotatable bonds is 4. The van der Waals surface area contributed by atoms with Crippen LogP contribution in [0.1, 0.15) is 16.1 Å². The number of hydrogen-bond donors (Lipinski definition) is 1. The maximum Gasteiger partial charge on any atom is 0.273 e. The Hall–Kier alpha value is -2.99. The fourth-order valence-corrected chi connectivity index (χ4v) is 2.89. The van der Waals surface area contributed by atoms with Crippen molar-refractivity contribution in [2.24, 2.45) is 0 Å². The second kappa shape index (κ2) is 7.09. The molecule has 1 N–H and O–H groups in total. The van der Waals surface area contributed by atoms with E-state index in [1.165, 1.54) is 0 Å². The Morgan fingerprint density at radius 3 is 2.85 bits per heavy atom. The standard InChI is InChI=1S/C19H15ClN2O4/c20-14-5-1-3-12(9-14)17-10-15(22-26-17)19(23)21-11-13-4-2-6-16-18(13)25-8-7-24-16/h1-6,9-10H,7-8,11H2,(H,21,23). The van der Waals surface area contributed by atoms with Crippen LogP contribution in [-0.2, 0) is 6.54 Å². The number of nitrogens with one attached hydrogen (secondary N) is 1. The Balaban J connectivity index is 1.46. The molecular formula is C19H15ClN2O4. The van der Waals surface area contributed by atoms with Gasteiger partial charge >= 0.3 is 0 Å². The van der Waals surface area contributed by atoms with Crippen LogP contribution in [-0.4, -0.2) is 24.3 Å². The summed E-state index contributed by atoms with van der Waals surface area (Å²) in [6.07, 6.45) is 0. The number of carbonyl (C=O) groups excluding carboxylic acids is 1. The fraction of sp³-hybridized carbons (Fsp3) is 0.158. The van der Waals surface area contributed by atoms with Crippen molar-refractivity contribution in [3.63, 3.8) is 0 Å². The molecule has 3 aromatic rings. The van der Waals surface area contributed by atoms with Crippen molar-refractivity contribution in [3.8, 4) is 22.8 Å². The largest absolute Gasteiger partial charge is 0.486 e. The minimum absolute atomic E-state index is 0.196.